The van der Waals surface area contributed by atoms with Crippen LogP contribution in [0.3, 0.4) is 0 Å². The molecule has 2 heterocycles. The lowest BCUT2D eigenvalue weighted by Crippen LogP contribution is -2.31. The number of thiocarbonyl (C=S) groups is 1. The second kappa shape index (κ2) is 5.38. The summed E-state index contributed by atoms with van der Waals surface area (Å²) < 4.78 is 6.50. The van der Waals surface area contributed by atoms with E-state index in [1.165, 1.54) is 0 Å². The highest BCUT2D eigenvalue weighted by Crippen LogP contribution is 2.32. The fourth-order valence-corrected chi connectivity index (χ4v) is 2.67. The SMILES string of the molecule is NC(=S)N1N=C(c2ccc(Br)cc2)CC1c1ccco1. The molecule has 4 nitrogen and oxygen atoms in total. The molecule has 0 saturated heterocycles. The standard InChI is InChI=1S/C14H12BrN3OS/c15-10-5-3-9(4-6-10)11-8-12(13-2-1-7-19-13)18(17-11)14(16)20/h1-7,12H,8H2,(H2,16,20). The van der Waals surface area contributed by atoms with Crippen LogP contribution in [0.15, 0.2) is 56.7 Å². The summed E-state index contributed by atoms with van der Waals surface area (Å²) in [5, 5.41) is 6.43. The van der Waals surface area contributed by atoms with Crippen LogP contribution in [0.25, 0.3) is 0 Å². The second-order valence-electron chi connectivity index (χ2n) is 4.47. The first-order valence-corrected chi connectivity index (χ1v) is 7.31. The number of rotatable bonds is 2. The van der Waals surface area contributed by atoms with Crippen LogP contribution in [0.2, 0.25) is 0 Å². The maximum Gasteiger partial charge on any atom is 0.187 e. The molecule has 1 aromatic heterocycles. The Labute approximate surface area is 130 Å². The van der Waals surface area contributed by atoms with Gasteiger partial charge in [-0.25, -0.2) is 5.01 Å². The third kappa shape index (κ3) is 2.48. The van der Waals surface area contributed by atoms with Crippen LogP contribution in [0.4, 0.5) is 0 Å². The van der Waals surface area contributed by atoms with Crippen molar-refractivity contribution in [2.45, 2.75) is 12.5 Å². The van der Waals surface area contributed by atoms with Gasteiger partial charge in [0.15, 0.2) is 5.11 Å². The number of nitrogens with two attached hydrogens (primary N) is 1. The normalized spacial score (nSPS) is 18.1. The minimum Gasteiger partial charge on any atom is -0.467 e. The van der Waals surface area contributed by atoms with E-state index in [4.69, 9.17) is 22.4 Å². The van der Waals surface area contributed by atoms with Crippen molar-refractivity contribution in [3.05, 3.63) is 58.5 Å². The molecule has 1 aliphatic rings. The average Bonchev–Trinajstić information content (AvgIpc) is 3.08. The average molecular weight is 350 g/mol. The van der Waals surface area contributed by atoms with Gasteiger partial charge in [-0.15, -0.1) is 0 Å². The van der Waals surface area contributed by atoms with E-state index in [1.807, 2.05) is 36.4 Å². The van der Waals surface area contributed by atoms with Crippen molar-refractivity contribution in [1.29, 1.82) is 0 Å². The third-order valence-corrected chi connectivity index (χ3v) is 3.90. The molecule has 0 saturated carbocycles. The number of hydrogen-bond acceptors (Lipinski definition) is 3. The lowest BCUT2D eigenvalue weighted by molar-refractivity contribution is 0.316. The molecule has 0 amide bonds. The minimum absolute atomic E-state index is 0.0684. The largest absolute Gasteiger partial charge is 0.467 e. The molecule has 1 atom stereocenters. The van der Waals surface area contributed by atoms with Crippen LogP contribution in [0.5, 0.6) is 0 Å². The Bertz CT molecular complexity index is 652. The number of hydrazone groups is 1. The Hall–Kier alpha value is -1.66. The predicted molar refractivity (Wildman–Crippen MR) is 85.4 cm³/mol. The summed E-state index contributed by atoms with van der Waals surface area (Å²) in [6.45, 7) is 0. The van der Waals surface area contributed by atoms with E-state index in [0.717, 1.165) is 21.5 Å². The number of halogens is 1. The first-order valence-electron chi connectivity index (χ1n) is 6.10. The van der Waals surface area contributed by atoms with E-state index in [2.05, 4.69) is 21.0 Å². The van der Waals surface area contributed by atoms with E-state index in [9.17, 15) is 0 Å². The zero-order chi connectivity index (χ0) is 14.1. The fraction of sp³-hybridized carbons (Fsp3) is 0.143. The molecule has 2 aromatic rings. The van der Waals surface area contributed by atoms with Gasteiger partial charge in [-0.05, 0) is 42.0 Å². The van der Waals surface area contributed by atoms with Gasteiger partial charge in [0.2, 0.25) is 0 Å². The molecule has 2 N–H and O–H groups in total. The van der Waals surface area contributed by atoms with E-state index in [0.29, 0.717) is 6.42 Å². The summed E-state index contributed by atoms with van der Waals surface area (Å²) in [5.74, 6) is 0.814. The molecule has 0 spiro atoms. The smallest absolute Gasteiger partial charge is 0.187 e. The number of nitrogens with zero attached hydrogens (tertiary/aromatic N) is 2. The van der Waals surface area contributed by atoms with Gasteiger partial charge in [0.25, 0.3) is 0 Å². The van der Waals surface area contributed by atoms with Crippen molar-refractivity contribution in [2.75, 3.05) is 0 Å². The molecule has 0 radical (unpaired) electrons. The summed E-state index contributed by atoms with van der Waals surface area (Å²) >= 11 is 8.50. The van der Waals surface area contributed by atoms with Gasteiger partial charge < -0.3 is 10.2 Å². The van der Waals surface area contributed by atoms with Crippen molar-refractivity contribution < 1.29 is 4.42 Å². The Kier molecular flexibility index (Phi) is 3.58. The van der Waals surface area contributed by atoms with Crippen LogP contribution in [-0.2, 0) is 0 Å². The maximum atomic E-state index is 5.76. The molecule has 102 valence electrons. The molecule has 0 bridgehead atoms. The van der Waals surface area contributed by atoms with E-state index >= 15 is 0 Å². The summed E-state index contributed by atoms with van der Waals surface area (Å²) in [6, 6.07) is 11.7. The van der Waals surface area contributed by atoms with Gasteiger partial charge in [-0.1, -0.05) is 28.1 Å². The summed E-state index contributed by atoms with van der Waals surface area (Å²) in [4.78, 5) is 0. The molecule has 1 unspecified atom stereocenters. The molecule has 1 aliphatic heterocycles. The molecule has 1 aromatic carbocycles. The van der Waals surface area contributed by atoms with Crippen LogP contribution in [-0.4, -0.2) is 15.8 Å². The van der Waals surface area contributed by atoms with Crippen LogP contribution < -0.4 is 5.73 Å². The quantitative estimate of drug-likeness (QED) is 0.843. The highest BCUT2D eigenvalue weighted by Gasteiger charge is 2.32. The highest BCUT2D eigenvalue weighted by atomic mass is 79.9. The zero-order valence-electron chi connectivity index (χ0n) is 10.5. The van der Waals surface area contributed by atoms with Gasteiger partial charge in [0, 0.05) is 10.9 Å². The van der Waals surface area contributed by atoms with E-state index in [1.54, 1.807) is 11.3 Å². The molecular weight excluding hydrogens is 338 g/mol. The Morgan fingerprint density at radius 2 is 2.10 bits per heavy atom. The molecule has 6 heteroatoms. The first kappa shape index (κ1) is 13.3. The molecular formula is C14H12BrN3OS. The van der Waals surface area contributed by atoms with Crippen molar-refractivity contribution in [1.82, 2.24) is 5.01 Å². The number of furan rings is 1. The maximum absolute atomic E-state index is 5.76. The summed E-state index contributed by atoms with van der Waals surface area (Å²) in [5.41, 5.74) is 7.77. The van der Waals surface area contributed by atoms with E-state index < -0.39 is 0 Å². The van der Waals surface area contributed by atoms with Crippen molar-refractivity contribution in [3.63, 3.8) is 0 Å². The lowest BCUT2D eigenvalue weighted by Gasteiger charge is -2.19. The second-order valence-corrected chi connectivity index (χ2v) is 5.81. The van der Waals surface area contributed by atoms with Crippen LogP contribution >= 0.6 is 28.1 Å². The Balaban J connectivity index is 1.92. The monoisotopic (exact) mass is 349 g/mol. The van der Waals surface area contributed by atoms with Gasteiger partial charge >= 0.3 is 0 Å². The summed E-state index contributed by atoms with van der Waals surface area (Å²) in [6.07, 6.45) is 2.36. The van der Waals surface area contributed by atoms with Gasteiger partial charge in [-0.2, -0.15) is 5.10 Å². The van der Waals surface area contributed by atoms with Gasteiger partial charge in [0.1, 0.15) is 11.8 Å². The van der Waals surface area contributed by atoms with E-state index in [-0.39, 0.29) is 11.2 Å². The Morgan fingerprint density at radius 1 is 1.35 bits per heavy atom. The van der Waals surface area contributed by atoms with Crippen molar-refractivity contribution in [2.24, 2.45) is 10.8 Å². The molecule has 0 aliphatic carbocycles. The lowest BCUT2D eigenvalue weighted by atomic mass is 10.0. The minimum atomic E-state index is -0.0684. The molecule has 3 rings (SSSR count). The van der Waals surface area contributed by atoms with Crippen molar-refractivity contribution >= 4 is 39.0 Å². The molecule has 0 fully saturated rings. The zero-order valence-corrected chi connectivity index (χ0v) is 12.9. The summed E-state index contributed by atoms with van der Waals surface area (Å²) in [7, 11) is 0. The predicted octanol–water partition coefficient (Wildman–Crippen LogP) is 3.44. The van der Waals surface area contributed by atoms with Crippen LogP contribution in [0, 0.1) is 0 Å². The Morgan fingerprint density at radius 3 is 2.70 bits per heavy atom. The van der Waals surface area contributed by atoms with Gasteiger partial charge in [0.05, 0.1) is 12.0 Å². The third-order valence-electron chi connectivity index (χ3n) is 3.19. The topological polar surface area (TPSA) is 54.8 Å². The van der Waals surface area contributed by atoms with Crippen LogP contribution in [0.1, 0.15) is 23.8 Å². The van der Waals surface area contributed by atoms with Gasteiger partial charge in [-0.3, -0.25) is 0 Å². The van der Waals surface area contributed by atoms with Crippen molar-refractivity contribution in [3.8, 4) is 0 Å². The molecule has 20 heavy (non-hydrogen) atoms. The first-order chi connectivity index (χ1) is 9.65. The number of hydrogen-bond donors (Lipinski definition) is 1. The fourth-order valence-electron chi connectivity index (χ4n) is 2.23. The highest BCUT2D eigenvalue weighted by molar-refractivity contribution is 9.10. The number of benzene rings is 1.